The minimum Gasteiger partial charge on any atom is -0.396 e. The Kier molecular flexibility index (Phi) is 5.22. The quantitative estimate of drug-likeness (QED) is 0.853. The first-order chi connectivity index (χ1) is 7.70. The molecule has 0 radical (unpaired) electrons. The maximum atomic E-state index is 12.0. The van der Waals surface area contributed by atoms with E-state index in [2.05, 4.69) is 4.98 Å². The molecule has 0 saturated carbocycles. The lowest BCUT2D eigenvalue weighted by molar-refractivity contribution is 0.0754. The lowest BCUT2D eigenvalue weighted by Crippen LogP contribution is -2.32. The van der Waals surface area contributed by atoms with Gasteiger partial charge in [0.05, 0.1) is 10.6 Å². The number of aliphatic hydroxyl groups excluding tert-OH is 1. The van der Waals surface area contributed by atoms with Crippen LogP contribution >= 0.6 is 11.6 Å². The summed E-state index contributed by atoms with van der Waals surface area (Å²) in [5, 5.41) is 9.10. The number of pyridine rings is 1. The van der Waals surface area contributed by atoms with Gasteiger partial charge in [-0.3, -0.25) is 9.78 Å². The van der Waals surface area contributed by atoms with Crippen molar-refractivity contribution in [3.8, 4) is 0 Å². The Morgan fingerprint density at radius 1 is 1.62 bits per heavy atom. The zero-order chi connectivity index (χ0) is 12.0. The van der Waals surface area contributed by atoms with Gasteiger partial charge in [0, 0.05) is 32.1 Å². The molecule has 0 saturated heterocycles. The number of hydrogen-bond donors (Lipinski definition) is 1. The van der Waals surface area contributed by atoms with E-state index in [1.54, 1.807) is 17.2 Å². The van der Waals surface area contributed by atoms with Crippen LogP contribution in [0.2, 0.25) is 5.02 Å². The first kappa shape index (κ1) is 12.9. The summed E-state index contributed by atoms with van der Waals surface area (Å²) in [6.45, 7) is 3.10. The van der Waals surface area contributed by atoms with Crippen LogP contribution in [0.3, 0.4) is 0 Å². The van der Waals surface area contributed by atoms with Crippen LogP contribution in [0.4, 0.5) is 0 Å². The molecule has 0 fully saturated rings. The van der Waals surface area contributed by atoms with Crippen molar-refractivity contribution in [2.75, 3.05) is 19.7 Å². The Morgan fingerprint density at radius 2 is 2.38 bits per heavy atom. The minimum atomic E-state index is -0.122. The lowest BCUT2D eigenvalue weighted by atomic mass is 10.2. The molecule has 1 N–H and O–H groups in total. The third-order valence-electron chi connectivity index (χ3n) is 2.26. The maximum Gasteiger partial charge on any atom is 0.255 e. The first-order valence-electron chi connectivity index (χ1n) is 5.20. The fraction of sp³-hybridized carbons (Fsp3) is 0.455. The molecule has 16 heavy (non-hydrogen) atoms. The number of aliphatic hydroxyl groups is 1. The summed E-state index contributed by atoms with van der Waals surface area (Å²) in [7, 11) is 0. The third-order valence-corrected chi connectivity index (χ3v) is 2.56. The van der Waals surface area contributed by atoms with Crippen molar-refractivity contribution in [1.82, 2.24) is 9.88 Å². The lowest BCUT2D eigenvalue weighted by Gasteiger charge is -2.20. The summed E-state index contributed by atoms with van der Waals surface area (Å²) in [6, 6.07) is 1.60. The van der Waals surface area contributed by atoms with Crippen molar-refractivity contribution >= 4 is 17.5 Å². The molecule has 0 atom stereocenters. The molecule has 0 aliphatic heterocycles. The molecule has 1 heterocycles. The van der Waals surface area contributed by atoms with Gasteiger partial charge in [-0.1, -0.05) is 11.6 Å². The van der Waals surface area contributed by atoms with E-state index < -0.39 is 0 Å². The number of halogens is 1. The molecule has 1 amide bonds. The largest absolute Gasteiger partial charge is 0.396 e. The highest BCUT2D eigenvalue weighted by Crippen LogP contribution is 2.15. The molecular formula is C11H15ClN2O2. The number of carbonyl (C=O) groups excluding carboxylic acids is 1. The molecule has 88 valence electrons. The highest BCUT2D eigenvalue weighted by Gasteiger charge is 2.16. The van der Waals surface area contributed by atoms with E-state index in [9.17, 15) is 4.79 Å². The van der Waals surface area contributed by atoms with E-state index >= 15 is 0 Å². The van der Waals surface area contributed by atoms with Gasteiger partial charge in [0.2, 0.25) is 0 Å². The van der Waals surface area contributed by atoms with Crippen LogP contribution in [-0.4, -0.2) is 40.6 Å². The van der Waals surface area contributed by atoms with E-state index in [4.69, 9.17) is 16.7 Å². The molecule has 5 heteroatoms. The van der Waals surface area contributed by atoms with Crippen LogP contribution in [0, 0.1) is 0 Å². The molecule has 0 aliphatic carbocycles. The van der Waals surface area contributed by atoms with Gasteiger partial charge >= 0.3 is 0 Å². The number of amides is 1. The molecule has 4 nitrogen and oxygen atoms in total. The van der Waals surface area contributed by atoms with Crippen LogP contribution in [0.25, 0.3) is 0 Å². The number of carbonyl (C=O) groups is 1. The van der Waals surface area contributed by atoms with Gasteiger partial charge in [0.15, 0.2) is 0 Å². The SMILES string of the molecule is CCN(CCCO)C(=O)c1ccncc1Cl. The van der Waals surface area contributed by atoms with Crippen molar-refractivity contribution in [1.29, 1.82) is 0 Å². The molecular weight excluding hydrogens is 228 g/mol. The van der Waals surface area contributed by atoms with Gasteiger partial charge in [-0.05, 0) is 19.4 Å². The fourth-order valence-corrected chi connectivity index (χ4v) is 1.58. The zero-order valence-corrected chi connectivity index (χ0v) is 9.94. The summed E-state index contributed by atoms with van der Waals surface area (Å²) in [6.07, 6.45) is 3.57. The summed E-state index contributed by atoms with van der Waals surface area (Å²) in [5.74, 6) is -0.122. The number of aromatic nitrogens is 1. The Labute approximate surface area is 99.9 Å². The number of rotatable bonds is 5. The molecule has 1 rings (SSSR count). The predicted octanol–water partition coefficient (Wildman–Crippen LogP) is 1.58. The van der Waals surface area contributed by atoms with Gasteiger partial charge in [0.1, 0.15) is 0 Å². The third kappa shape index (κ3) is 3.18. The maximum absolute atomic E-state index is 12.0. The van der Waals surface area contributed by atoms with Crippen molar-refractivity contribution < 1.29 is 9.90 Å². The highest BCUT2D eigenvalue weighted by atomic mass is 35.5. The van der Waals surface area contributed by atoms with Gasteiger partial charge in [-0.15, -0.1) is 0 Å². The molecule has 1 aromatic rings. The smallest absolute Gasteiger partial charge is 0.255 e. The van der Waals surface area contributed by atoms with Gasteiger partial charge in [-0.25, -0.2) is 0 Å². The van der Waals surface area contributed by atoms with Crippen LogP contribution in [0.15, 0.2) is 18.5 Å². The molecule has 0 spiro atoms. The molecule has 0 unspecified atom stereocenters. The van der Waals surface area contributed by atoms with Crippen LogP contribution in [0.5, 0.6) is 0 Å². The summed E-state index contributed by atoms with van der Waals surface area (Å²) in [5.41, 5.74) is 0.455. The van der Waals surface area contributed by atoms with E-state index in [1.807, 2.05) is 6.92 Å². The Balaban J connectivity index is 2.79. The average molecular weight is 243 g/mol. The van der Waals surface area contributed by atoms with Gasteiger partial charge in [-0.2, -0.15) is 0 Å². The summed E-state index contributed by atoms with van der Waals surface area (Å²) >= 11 is 5.89. The van der Waals surface area contributed by atoms with E-state index in [0.717, 1.165) is 0 Å². The normalized spacial score (nSPS) is 10.2. The number of hydrogen-bond acceptors (Lipinski definition) is 3. The second-order valence-electron chi connectivity index (χ2n) is 3.32. The molecule has 0 bridgehead atoms. The topological polar surface area (TPSA) is 53.4 Å². The fourth-order valence-electron chi connectivity index (χ4n) is 1.38. The zero-order valence-electron chi connectivity index (χ0n) is 9.19. The number of nitrogens with zero attached hydrogens (tertiary/aromatic N) is 2. The Hall–Kier alpha value is -1.13. The molecule has 1 aromatic heterocycles. The monoisotopic (exact) mass is 242 g/mol. The van der Waals surface area contributed by atoms with Gasteiger partial charge in [0.25, 0.3) is 5.91 Å². The van der Waals surface area contributed by atoms with Crippen molar-refractivity contribution in [3.63, 3.8) is 0 Å². The van der Waals surface area contributed by atoms with Crippen LogP contribution < -0.4 is 0 Å². The Bertz CT molecular complexity index is 358. The molecule has 0 aromatic carbocycles. The van der Waals surface area contributed by atoms with E-state index in [-0.39, 0.29) is 12.5 Å². The van der Waals surface area contributed by atoms with Crippen LogP contribution in [-0.2, 0) is 0 Å². The minimum absolute atomic E-state index is 0.0772. The standard InChI is InChI=1S/C11H15ClN2O2/c1-2-14(6-3-7-15)11(16)9-4-5-13-8-10(9)12/h4-5,8,15H,2-3,6-7H2,1H3. The van der Waals surface area contributed by atoms with Crippen molar-refractivity contribution in [2.24, 2.45) is 0 Å². The van der Waals surface area contributed by atoms with Crippen molar-refractivity contribution in [2.45, 2.75) is 13.3 Å². The Morgan fingerprint density at radius 3 is 2.94 bits per heavy atom. The first-order valence-corrected chi connectivity index (χ1v) is 5.58. The average Bonchev–Trinajstić information content (AvgIpc) is 2.30. The van der Waals surface area contributed by atoms with Gasteiger partial charge < -0.3 is 10.0 Å². The highest BCUT2D eigenvalue weighted by molar-refractivity contribution is 6.33. The molecule has 0 aliphatic rings. The van der Waals surface area contributed by atoms with Crippen molar-refractivity contribution in [3.05, 3.63) is 29.0 Å². The summed E-state index contributed by atoms with van der Waals surface area (Å²) in [4.78, 5) is 17.5. The van der Waals surface area contributed by atoms with E-state index in [0.29, 0.717) is 30.1 Å². The predicted molar refractivity (Wildman–Crippen MR) is 62.5 cm³/mol. The second-order valence-corrected chi connectivity index (χ2v) is 3.72. The summed E-state index contributed by atoms with van der Waals surface area (Å²) < 4.78 is 0. The second kappa shape index (κ2) is 6.45. The van der Waals surface area contributed by atoms with Crippen LogP contribution in [0.1, 0.15) is 23.7 Å². The van der Waals surface area contributed by atoms with E-state index in [1.165, 1.54) is 6.20 Å².